The lowest BCUT2D eigenvalue weighted by molar-refractivity contribution is -0.117. The van der Waals surface area contributed by atoms with E-state index in [0.717, 1.165) is 0 Å². The van der Waals surface area contributed by atoms with Gasteiger partial charge in [-0.1, -0.05) is 30.3 Å². The summed E-state index contributed by atoms with van der Waals surface area (Å²) in [7, 11) is 2.93. The Bertz CT molecular complexity index is 1540. The smallest absolute Gasteiger partial charge is 0.294 e. The van der Waals surface area contributed by atoms with E-state index in [0.29, 0.717) is 39.3 Å². The third-order valence-corrected chi connectivity index (χ3v) is 6.10. The maximum absolute atomic E-state index is 13.8. The number of carbonyl (C=O) groups excluding carboxylic acids is 2. The molecule has 0 saturated heterocycles. The number of Topliss-reactive ketones (excluding diaryl/α,β-unsaturated/α-hetero) is 1. The number of aliphatic hydroxyl groups is 1. The van der Waals surface area contributed by atoms with Gasteiger partial charge in [0.2, 0.25) is 5.78 Å². The van der Waals surface area contributed by atoms with Gasteiger partial charge in [-0.05, 0) is 42.5 Å². The van der Waals surface area contributed by atoms with Crippen molar-refractivity contribution in [2.24, 2.45) is 0 Å². The van der Waals surface area contributed by atoms with Crippen LogP contribution in [0.15, 0.2) is 88.5 Å². The van der Waals surface area contributed by atoms with Crippen LogP contribution in [-0.2, 0) is 4.79 Å². The van der Waals surface area contributed by atoms with Crippen LogP contribution in [0.4, 0.5) is 5.69 Å². The molecule has 1 N–H and O–H groups in total. The zero-order valence-electron chi connectivity index (χ0n) is 19.4. The molecule has 1 aliphatic rings. The summed E-state index contributed by atoms with van der Waals surface area (Å²) in [6.45, 7) is 0. The predicted molar refractivity (Wildman–Crippen MR) is 131 cm³/mol. The van der Waals surface area contributed by atoms with Crippen molar-refractivity contribution in [3.05, 3.63) is 101 Å². The van der Waals surface area contributed by atoms with Gasteiger partial charge in [0.1, 0.15) is 5.58 Å². The topological polar surface area (TPSA) is 113 Å². The first kappa shape index (κ1) is 22.7. The predicted octanol–water partition coefficient (Wildman–Crippen LogP) is 5.10. The van der Waals surface area contributed by atoms with Crippen molar-refractivity contribution < 1.29 is 28.6 Å². The van der Waals surface area contributed by atoms with Crippen LogP contribution in [0.2, 0.25) is 0 Å². The first-order valence-electron chi connectivity index (χ1n) is 11.0. The van der Waals surface area contributed by atoms with Gasteiger partial charge in [0, 0.05) is 16.6 Å². The molecular weight excluding hydrogens is 460 g/mol. The lowest BCUT2D eigenvalue weighted by Gasteiger charge is -2.28. The van der Waals surface area contributed by atoms with Crippen LogP contribution in [0.1, 0.15) is 27.7 Å². The molecule has 36 heavy (non-hydrogen) atoms. The van der Waals surface area contributed by atoms with Crippen LogP contribution >= 0.6 is 0 Å². The molecule has 1 aliphatic heterocycles. The van der Waals surface area contributed by atoms with E-state index >= 15 is 0 Å². The molecule has 0 fully saturated rings. The Labute approximate surface area is 206 Å². The zero-order valence-corrected chi connectivity index (χ0v) is 19.4. The van der Waals surface area contributed by atoms with Gasteiger partial charge in [-0.25, -0.2) is 0 Å². The third-order valence-electron chi connectivity index (χ3n) is 6.10. The molecule has 1 unspecified atom stereocenters. The number of rotatable bonds is 6. The van der Waals surface area contributed by atoms with E-state index in [-0.39, 0.29) is 11.3 Å². The number of fused-ring (bicyclic) bond motifs is 1. The van der Waals surface area contributed by atoms with Gasteiger partial charge in [-0.15, -0.1) is 0 Å². The molecule has 8 nitrogen and oxygen atoms in total. The van der Waals surface area contributed by atoms with E-state index in [1.165, 1.54) is 19.1 Å². The maximum Gasteiger partial charge on any atom is 0.294 e. The van der Waals surface area contributed by atoms with Crippen molar-refractivity contribution in [1.82, 2.24) is 0 Å². The molecule has 3 aromatic carbocycles. The summed E-state index contributed by atoms with van der Waals surface area (Å²) in [5, 5.41) is 20.9. The molecule has 0 bridgehead atoms. The number of nitriles is 1. The van der Waals surface area contributed by atoms with Crippen molar-refractivity contribution in [2.75, 3.05) is 19.1 Å². The van der Waals surface area contributed by atoms with Crippen molar-refractivity contribution in [3.8, 4) is 17.6 Å². The normalized spacial score (nSPS) is 15.3. The van der Waals surface area contributed by atoms with Gasteiger partial charge in [-0.3, -0.25) is 14.5 Å². The van der Waals surface area contributed by atoms with Crippen LogP contribution in [0.3, 0.4) is 0 Å². The molecule has 0 radical (unpaired) electrons. The highest BCUT2D eigenvalue weighted by molar-refractivity contribution is 6.20. The van der Waals surface area contributed by atoms with E-state index in [1.54, 1.807) is 66.7 Å². The van der Waals surface area contributed by atoms with E-state index in [9.17, 15) is 20.0 Å². The highest BCUT2D eigenvalue weighted by Gasteiger charge is 2.46. The van der Waals surface area contributed by atoms with E-state index < -0.39 is 23.5 Å². The molecule has 0 spiro atoms. The van der Waals surface area contributed by atoms with Gasteiger partial charge in [0.15, 0.2) is 23.0 Å². The number of para-hydroxylation sites is 2. The number of furan rings is 1. The third kappa shape index (κ3) is 3.54. The fourth-order valence-electron chi connectivity index (χ4n) is 4.45. The van der Waals surface area contributed by atoms with E-state index in [1.807, 2.05) is 12.1 Å². The summed E-state index contributed by atoms with van der Waals surface area (Å²) < 4.78 is 16.8. The fraction of sp³-hybridized carbons (Fsp3) is 0.107. The Morgan fingerprint density at radius 2 is 1.78 bits per heavy atom. The second-order valence-corrected chi connectivity index (χ2v) is 8.06. The number of nitrogens with zero attached hydrogens (tertiary/aromatic N) is 2. The first-order valence-corrected chi connectivity index (χ1v) is 11.0. The number of ether oxygens (including phenoxy) is 2. The molecule has 0 saturated carbocycles. The van der Waals surface area contributed by atoms with Crippen LogP contribution in [-0.4, -0.2) is 31.0 Å². The van der Waals surface area contributed by atoms with E-state index in [4.69, 9.17) is 13.9 Å². The molecule has 5 rings (SSSR count). The number of ketones is 1. The van der Waals surface area contributed by atoms with Gasteiger partial charge in [-0.2, -0.15) is 5.26 Å². The summed E-state index contributed by atoms with van der Waals surface area (Å²) in [6.07, 6.45) is 0. The van der Waals surface area contributed by atoms with Crippen LogP contribution < -0.4 is 14.4 Å². The van der Waals surface area contributed by atoms with Crippen molar-refractivity contribution in [1.29, 1.82) is 5.26 Å². The Morgan fingerprint density at radius 3 is 2.44 bits per heavy atom. The van der Waals surface area contributed by atoms with Gasteiger partial charge in [0.05, 0.1) is 37.5 Å². The number of hydrogen-bond acceptors (Lipinski definition) is 7. The monoisotopic (exact) mass is 480 g/mol. The molecule has 4 aromatic rings. The lowest BCUT2D eigenvalue weighted by Crippen LogP contribution is -2.31. The fourth-order valence-corrected chi connectivity index (χ4v) is 4.45. The second kappa shape index (κ2) is 8.96. The Kier molecular flexibility index (Phi) is 5.66. The molecule has 1 amide bonds. The number of methoxy groups -OCH3 is 2. The lowest BCUT2D eigenvalue weighted by atomic mass is 9.93. The van der Waals surface area contributed by atoms with Crippen LogP contribution in [0.25, 0.3) is 11.0 Å². The maximum atomic E-state index is 13.8. The van der Waals surface area contributed by atoms with Crippen LogP contribution in [0, 0.1) is 11.3 Å². The van der Waals surface area contributed by atoms with Gasteiger partial charge in [0.25, 0.3) is 5.91 Å². The Morgan fingerprint density at radius 1 is 1.03 bits per heavy atom. The summed E-state index contributed by atoms with van der Waals surface area (Å²) in [6, 6.07) is 21.0. The number of carbonyl (C=O) groups is 2. The average molecular weight is 480 g/mol. The quantitative estimate of drug-likeness (QED) is 0.382. The SMILES string of the molecule is COc1cccc(C2C(C(=O)c3cc4ccccc4o3)=C(O)C(=O)N2c2ccc(C#N)cc2)c1OC. The number of benzene rings is 3. The minimum Gasteiger partial charge on any atom is -0.503 e. The number of aliphatic hydroxyl groups excluding tert-OH is 1. The standard InChI is InChI=1S/C28H20N2O6/c1-34-21-9-5-7-19(27(21)35-2)24-23(25(31)22-14-17-6-3-4-8-20(17)36-22)26(32)28(33)30(24)18-12-10-16(15-29)11-13-18/h3-14,24,32H,1-2H3. The molecule has 1 atom stereocenters. The van der Waals surface area contributed by atoms with Crippen molar-refractivity contribution >= 4 is 28.3 Å². The molecule has 2 heterocycles. The number of amides is 1. The minimum absolute atomic E-state index is 0.0147. The van der Waals surface area contributed by atoms with Crippen molar-refractivity contribution in [2.45, 2.75) is 6.04 Å². The van der Waals surface area contributed by atoms with Crippen LogP contribution in [0.5, 0.6) is 11.5 Å². The largest absolute Gasteiger partial charge is 0.503 e. The minimum atomic E-state index is -1.06. The molecule has 8 heteroatoms. The summed E-state index contributed by atoms with van der Waals surface area (Å²) in [5.74, 6) is -1.42. The molecule has 0 aliphatic carbocycles. The number of anilines is 1. The molecule has 178 valence electrons. The number of hydrogen-bond donors (Lipinski definition) is 1. The van der Waals surface area contributed by atoms with Gasteiger partial charge < -0.3 is 19.0 Å². The molecule has 1 aromatic heterocycles. The first-order chi connectivity index (χ1) is 17.5. The van der Waals surface area contributed by atoms with Crippen molar-refractivity contribution in [3.63, 3.8) is 0 Å². The van der Waals surface area contributed by atoms with Gasteiger partial charge >= 0.3 is 0 Å². The zero-order chi connectivity index (χ0) is 25.4. The summed E-state index contributed by atoms with van der Waals surface area (Å²) in [4.78, 5) is 28.5. The summed E-state index contributed by atoms with van der Waals surface area (Å²) >= 11 is 0. The average Bonchev–Trinajstić information content (AvgIpc) is 3.46. The Balaban J connectivity index is 1.71. The Hall–Kier alpha value is -5.03. The highest BCUT2D eigenvalue weighted by Crippen LogP contribution is 2.47. The highest BCUT2D eigenvalue weighted by atomic mass is 16.5. The second-order valence-electron chi connectivity index (χ2n) is 8.06. The summed E-state index contributed by atoms with van der Waals surface area (Å²) in [5.41, 5.74) is 1.56. The molecular formula is C28H20N2O6. The van der Waals surface area contributed by atoms with E-state index in [2.05, 4.69) is 0 Å².